The van der Waals surface area contributed by atoms with E-state index in [2.05, 4.69) is 10.3 Å². The van der Waals surface area contributed by atoms with Crippen molar-refractivity contribution in [2.45, 2.75) is 44.6 Å². The number of sulfonamides is 1. The van der Waals surface area contributed by atoms with Crippen molar-refractivity contribution in [1.82, 2.24) is 9.29 Å². The summed E-state index contributed by atoms with van der Waals surface area (Å²) in [7, 11) is -3.69. The first kappa shape index (κ1) is 18.0. The molecule has 8 heteroatoms. The molecule has 134 valence electrons. The minimum Gasteiger partial charge on any atom is -0.301 e. The number of nitrogens with one attached hydrogen (secondary N) is 1. The van der Waals surface area contributed by atoms with E-state index in [1.807, 2.05) is 20.8 Å². The Balaban J connectivity index is 1.81. The number of thiazole rings is 1. The van der Waals surface area contributed by atoms with Crippen LogP contribution in [0.5, 0.6) is 0 Å². The van der Waals surface area contributed by atoms with Crippen molar-refractivity contribution in [1.29, 1.82) is 0 Å². The van der Waals surface area contributed by atoms with Crippen LogP contribution in [0.4, 0.5) is 5.13 Å². The van der Waals surface area contributed by atoms with Crippen LogP contribution in [0.3, 0.4) is 0 Å². The number of nitrogens with zero attached hydrogens (tertiary/aromatic N) is 2. The third-order valence-electron chi connectivity index (χ3n) is 4.39. The number of benzene rings is 1. The predicted molar refractivity (Wildman–Crippen MR) is 98.3 cm³/mol. The summed E-state index contributed by atoms with van der Waals surface area (Å²) in [6, 6.07) is 6.01. The molecule has 0 unspecified atom stereocenters. The van der Waals surface area contributed by atoms with E-state index in [1.165, 1.54) is 15.6 Å². The zero-order valence-corrected chi connectivity index (χ0v) is 16.1. The molecule has 1 aliphatic rings. The maximum atomic E-state index is 12.9. The second-order valence-corrected chi connectivity index (χ2v) is 9.33. The van der Waals surface area contributed by atoms with Gasteiger partial charge in [-0.2, -0.15) is 4.31 Å². The van der Waals surface area contributed by atoms with E-state index >= 15 is 0 Å². The van der Waals surface area contributed by atoms with Crippen LogP contribution in [-0.4, -0.2) is 36.2 Å². The molecular weight excluding hydrogens is 358 g/mol. The van der Waals surface area contributed by atoms with Crippen LogP contribution in [0.15, 0.2) is 29.2 Å². The molecule has 1 aromatic heterocycles. The maximum Gasteiger partial charge on any atom is 0.244 e. The first-order valence-electron chi connectivity index (χ1n) is 8.12. The Bertz CT molecular complexity index is 869. The summed E-state index contributed by atoms with van der Waals surface area (Å²) in [5.74, 6) is -0.318. The van der Waals surface area contributed by atoms with Gasteiger partial charge in [0, 0.05) is 11.4 Å². The van der Waals surface area contributed by atoms with Gasteiger partial charge in [-0.3, -0.25) is 4.79 Å². The van der Waals surface area contributed by atoms with Gasteiger partial charge >= 0.3 is 0 Å². The highest BCUT2D eigenvalue weighted by Gasteiger charge is 2.39. The molecule has 6 nitrogen and oxygen atoms in total. The van der Waals surface area contributed by atoms with Crippen LogP contribution in [0.1, 0.15) is 29.0 Å². The molecular formula is C17H21N3O3S2. The molecule has 0 spiro atoms. The number of rotatable bonds is 4. The van der Waals surface area contributed by atoms with Gasteiger partial charge < -0.3 is 5.32 Å². The molecule has 3 rings (SSSR count). The monoisotopic (exact) mass is 379 g/mol. The Hall–Kier alpha value is -1.77. The van der Waals surface area contributed by atoms with Crippen molar-refractivity contribution in [2.24, 2.45) is 0 Å². The molecule has 1 aromatic carbocycles. The number of aryl methyl sites for hydroxylation is 3. The number of aromatic nitrogens is 1. The zero-order valence-electron chi connectivity index (χ0n) is 14.4. The molecule has 2 aromatic rings. The van der Waals surface area contributed by atoms with Gasteiger partial charge in [-0.15, -0.1) is 11.3 Å². The number of hydrogen-bond acceptors (Lipinski definition) is 5. The fraction of sp³-hybridized carbons (Fsp3) is 0.412. The fourth-order valence-corrected chi connectivity index (χ4v) is 5.32. The zero-order chi connectivity index (χ0) is 18.2. The number of carbonyl (C=O) groups is 1. The topological polar surface area (TPSA) is 79.4 Å². The maximum absolute atomic E-state index is 12.9. The minimum absolute atomic E-state index is 0.221. The Morgan fingerprint density at radius 2 is 1.92 bits per heavy atom. The molecule has 0 saturated carbocycles. The van der Waals surface area contributed by atoms with Crippen LogP contribution in [0, 0.1) is 20.8 Å². The SMILES string of the molecule is Cc1ccc(S(=O)(=O)N2CCC[C@H]2C(=O)Nc2nc(C)c(C)s2)cc1. The summed E-state index contributed by atoms with van der Waals surface area (Å²) in [5.41, 5.74) is 1.86. The normalized spacial score (nSPS) is 18.4. The smallest absolute Gasteiger partial charge is 0.244 e. The van der Waals surface area contributed by atoms with E-state index in [4.69, 9.17) is 0 Å². The van der Waals surface area contributed by atoms with E-state index in [1.54, 1.807) is 24.3 Å². The Labute approximate surface area is 151 Å². The van der Waals surface area contributed by atoms with Crippen LogP contribution < -0.4 is 5.32 Å². The van der Waals surface area contributed by atoms with Gasteiger partial charge in [-0.05, 0) is 45.7 Å². The van der Waals surface area contributed by atoms with Crippen molar-refractivity contribution in [3.05, 3.63) is 40.4 Å². The van der Waals surface area contributed by atoms with Crippen LogP contribution in [-0.2, 0) is 14.8 Å². The number of amides is 1. The summed E-state index contributed by atoms with van der Waals surface area (Å²) in [6.45, 7) is 6.07. The summed E-state index contributed by atoms with van der Waals surface area (Å²) in [5, 5.41) is 3.28. The molecule has 0 radical (unpaired) electrons. The molecule has 1 saturated heterocycles. The minimum atomic E-state index is -3.69. The first-order valence-corrected chi connectivity index (χ1v) is 10.4. The van der Waals surface area contributed by atoms with Crippen molar-refractivity contribution in [2.75, 3.05) is 11.9 Å². The molecule has 1 N–H and O–H groups in total. The van der Waals surface area contributed by atoms with Crippen LogP contribution >= 0.6 is 11.3 Å². The third-order valence-corrected chi connectivity index (χ3v) is 7.30. The number of carbonyl (C=O) groups excluding carboxylic acids is 1. The van der Waals surface area contributed by atoms with Gasteiger partial charge in [0.05, 0.1) is 10.6 Å². The van der Waals surface area contributed by atoms with Gasteiger partial charge in [-0.1, -0.05) is 17.7 Å². The largest absolute Gasteiger partial charge is 0.301 e. The predicted octanol–water partition coefficient (Wildman–Crippen LogP) is 2.86. The second kappa shape index (κ2) is 6.86. The second-order valence-electron chi connectivity index (χ2n) is 6.24. The standard InChI is InChI=1S/C17H21N3O3S2/c1-11-6-8-14(9-7-11)25(22,23)20-10-4-5-15(20)16(21)19-17-18-12(2)13(3)24-17/h6-9,15H,4-5,10H2,1-3H3,(H,18,19,21)/t15-/m0/s1. The highest BCUT2D eigenvalue weighted by molar-refractivity contribution is 7.89. The lowest BCUT2D eigenvalue weighted by Crippen LogP contribution is -2.43. The number of hydrogen-bond donors (Lipinski definition) is 1. The molecule has 1 fully saturated rings. The highest BCUT2D eigenvalue weighted by atomic mass is 32.2. The lowest BCUT2D eigenvalue weighted by molar-refractivity contribution is -0.119. The lowest BCUT2D eigenvalue weighted by Gasteiger charge is -2.23. The molecule has 1 atom stereocenters. The van der Waals surface area contributed by atoms with Crippen molar-refractivity contribution in [3.63, 3.8) is 0 Å². The van der Waals surface area contributed by atoms with Crippen LogP contribution in [0.25, 0.3) is 0 Å². The van der Waals surface area contributed by atoms with Crippen molar-refractivity contribution < 1.29 is 13.2 Å². The Kier molecular flexibility index (Phi) is 4.95. The molecule has 0 aliphatic carbocycles. The molecule has 25 heavy (non-hydrogen) atoms. The average Bonchev–Trinajstić information content (AvgIpc) is 3.15. The van der Waals surface area contributed by atoms with E-state index in [0.717, 1.165) is 16.1 Å². The summed E-state index contributed by atoms with van der Waals surface area (Å²) in [6.07, 6.45) is 1.18. The van der Waals surface area contributed by atoms with Gasteiger partial charge in [0.1, 0.15) is 6.04 Å². The van der Waals surface area contributed by atoms with Crippen molar-refractivity contribution in [3.8, 4) is 0 Å². The highest BCUT2D eigenvalue weighted by Crippen LogP contribution is 2.28. The van der Waals surface area contributed by atoms with Gasteiger partial charge in [-0.25, -0.2) is 13.4 Å². The van der Waals surface area contributed by atoms with E-state index in [-0.39, 0.29) is 10.8 Å². The van der Waals surface area contributed by atoms with Gasteiger partial charge in [0.25, 0.3) is 0 Å². The fourth-order valence-electron chi connectivity index (χ4n) is 2.85. The number of anilines is 1. The van der Waals surface area contributed by atoms with Gasteiger partial charge in [0.2, 0.25) is 15.9 Å². The van der Waals surface area contributed by atoms with E-state index in [9.17, 15) is 13.2 Å². The summed E-state index contributed by atoms with van der Waals surface area (Å²) in [4.78, 5) is 18.2. The quantitative estimate of drug-likeness (QED) is 0.886. The summed E-state index contributed by atoms with van der Waals surface area (Å²) >= 11 is 1.40. The molecule has 1 aliphatic heterocycles. The van der Waals surface area contributed by atoms with Crippen LogP contribution in [0.2, 0.25) is 0 Å². The summed E-state index contributed by atoms with van der Waals surface area (Å²) < 4.78 is 27.1. The lowest BCUT2D eigenvalue weighted by atomic mass is 10.2. The molecule has 1 amide bonds. The first-order chi connectivity index (χ1) is 11.8. The molecule has 0 bridgehead atoms. The Morgan fingerprint density at radius 1 is 1.24 bits per heavy atom. The van der Waals surface area contributed by atoms with E-state index < -0.39 is 16.1 Å². The van der Waals surface area contributed by atoms with Gasteiger partial charge in [0.15, 0.2) is 5.13 Å². The Morgan fingerprint density at radius 3 is 2.52 bits per heavy atom. The average molecular weight is 380 g/mol. The van der Waals surface area contributed by atoms with Crippen molar-refractivity contribution >= 4 is 32.4 Å². The van der Waals surface area contributed by atoms with E-state index in [0.29, 0.717) is 24.5 Å². The third kappa shape index (κ3) is 3.61. The molecule has 2 heterocycles.